The number of pyridine rings is 1. The number of aromatic nitrogens is 1. The van der Waals surface area contributed by atoms with Gasteiger partial charge in [-0.05, 0) is 18.6 Å². The van der Waals surface area contributed by atoms with E-state index in [1.54, 1.807) is 0 Å². The van der Waals surface area contributed by atoms with Gasteiger partial charge in [0, 0.05) is 12.1 Å². The van der Waals surface area contributed by atoms with Gasteiger partial charge in [-0.2, -0.15) is 0 Å². The summed E-state index contributed by atoms with van der Waals surface area (Å²) in [5.74, 6) is 0. The molecule has 3 nitrogen and oxygen atoms in total. The number of nitrogens with one attached hydrogen (secondary N) is 1. The Morgan fingerprint density at radius 2 is 2.23 bits per heavy atom. The second-order valence-electron chi connectivity index (χ2n) is 2.73. The van der Waals surface area contributed by atoms with Crippen molar-refractivity contribution >= 4 is 0 Å². The number of aromatic amines is 1. The fourth-order valence-electron chi connectivity index (χ4n) is 1.08. The molecule has 0 spiro atoms. The first-order valence-electron chi connectivity index (χ1n) is 3.77. The van der Waals surface area contributed by atoms with Crippen LogP contribution in [0.4, 0.5) is 8.78 Å². The first-order chi connectivity index (χ1) is 6.06. The van der Waals surface area contributed by atoms with E-state index in [0.717, 1.165) is 0 Å². The molecular formula is C8H10F2N2O. The predicted octanol–water partition coefficient (Wildman–Crippen LogP) is 1.08. The molecule has 1 aromatic rings. The Balaban J connectivity index is 3.29. The number of aryl methyl sites for hydroxylation is 1. The first-order valence-corrected chi connectivity index (χ1v) is 3.77. The van der Waals surface area contributed by atoms with Crippen molar-refractivity contribution in [1.82, 2.24) is 4.98 Å². The van der Waals surface area contributed by atoms with E-state index in [1.165, 1.54) is 13.0 Å². The van der Waals surface area contributed by atoms with Crippen LogP contribution in [0.5, 0.6) is 0 Å². The molecule has 1 heterocycles. The van der Waals surface area contributed by atoms with E-state index in [9.17, 15) is 13.6 Å². The van der Waals surface area contributed by atoms with Crippen molar-refractivity contribution in [1.29, 1.82) is 0 Å². The number of H-pyrrole nitrogens is 1. The maximum absolute atomic E-state index is 12.2. The van der Waals surface area contributed by atoms with Crippen LogP contribution in [-0.4, -0.2) is 4.98 Å². The van der Waals surface area contributed by atoms with Gasteiger partial charge in [-0.15, -0.1) is 0 Å². The SMILES string of the molecule is Cc1cc(CN)c(=O)[nH]c1C(F)F. The molecule has 0 atom stereocenters. The van der Waals surface area contributed by atoms with Crippen molar-refractivity contribution in [2.75, 3.05) is 0 Å². The molecule has 0 aromatic carbocycles. The van der Waals surface area contributed by atoms with Crippen LogP contribution in [0.25, 0.3) is 0 Å². The quantitative estimate of drug-likeness (QED) is 0.729. The number of halogens is 2. The third-order valence-corrected chi connectivity index (χ3v) is 1.79. The highest BCUT2D eigenvalue weighted by Gasteiger charge is 2.12. The molecule has 0 aliphatic rings. The molecule has 0 unspecified atom stereocenters. The van der Waals surface area contributed by atoms with E-state index in [-0.39, 0.29) is 12.2 Å². The molecule has 3 N–H and O–H groups in total. The maximum Gasteiger partial charge on any atom is 0.278 e. The predicted molar refractivity (Wildman–Crippen MR) is 44.6 cm³/mol. The fraction of sp³-hybridized carbons (Fsp3) is 0.375. The van der Waals surface area contributed by atoms with Crippen LogP contribution >= 0.6 is 0 Å². The lowest BCUT2D eigenvalue weighted by Crippen LogP contribution is -2.18. The Kier molecular flexibility index (Phi) is 2.77. The zero-order valence-electron chi connectivity index (χ0n) is 7.10. The van der Waals surface area contributed by atoms with Gasteiger partial charge in [-0.25, -0.2) is 8.78 Å². The average molecular weight is 188 g/mol. The molecule has 0 aliphatic carbocycles. The molecule has 0 saturated carbocycles. The van der Waals surface area contributed by atoms with Crippen LogP contribution in [0.1, 0.15) is 23.2 Å². The van der Waals surface area contributed by atoms with E-state index in [1.807, 2.05) is 0 Å². The van der Waals surface area contributed by atoms with E-state index < -0.39 is 12.0 Å². The summed E-state index contributed by atoms with van der Waals surface area (Å²) in [5, 5.41) is 0. The molecule has 13 heavy (non-hydrogen) atoms. The van der Waals surface area contributed by atoms with Gasteiger partial charge < -0.3 is 10.7 Å². The van der Waals surface area contributed by atoms with Gasteiger partial charge >= 0.3 is 0 Å². The van der Waals surface area contributed by atoms with E-state index in [2.05, 4.69) is 4.98 Å². The molecule has 1 aromatic heterocycles. The zero-order valence-corrected chi connectivity index (χ0v) is 7.10. The average Bonchev–Trinajstić information content (AvgIpc) is 2.07. The van der Waals surface area contributed by atoms with Crippen molar-refractivity contribution in [2.24, 2.45) is 5.73 Å². The summed E-state index contributed by atoms with van der Waals surface area (Å²) in [6.07, 6.45) is -2.65. The summed E-state index contributed by atoms with van der Waals surface area (Å²) >= 11 is 0. The third kappa shape index (κ3) is 1.92. The van der Waals surface area contributed by atoms with Gasteiger partial charge in [-0.1, -0.05) is 0 Å². The maximum atomic E-state index is 12.2. The summed E-state index contributed by atoms with van der Waals surface area (Å²) in [6.45, 7) is 1.57. The summed E-state index contributed by atoms with van der Waals surface area (Å²) in [4.78, 5) is 13.2. The topological polar surface area (TPSA) is 58.9 Å². The highest BCUT2D eigenvalue weighted by atomic mass is 19.3. The second-order valence-corrected chi connectivity index (χ2v) is 2.73. The van der Waals surface area contributed by atoms with Crippen molar-refractivity contribution in [2.45, 2.75) is 19.9 Å². The Labute approximate surface area is 73.6 Å². The Morgan fingerprint density at radius 3 is 2.69 bits per heavy atom. The van der Waals surface area contributed by atoms with Crippen LogP contribution in [0, 0.1) is 6.92 Å². The molecule has 0 aliphatic heterocycles. The van der Waals surface area contributed by atoms with Crippen LogP contribution in [0.15, 0.2) is 10.9 Å². The van der Waals surface area contributed by atoms with E-state index >= 15 is 0 Å². The molecule has 0 bridgehead atoms. The largest absolute Gasteiger partial charge is 0.326 e. The minimum absolute atomic E-state index is 0.0552. The molecule has 0 fully saturated rings. The lowest BCUT2D eigenvalue weighted by molar-refractivity contribution is 0.145. The van der Waals surface area contributed by atoms with Crippen LogP contribution in [-0.2, 0) is 6.54 Å². The number of rotatable bonds is 2. The summed E-state index contributed by atoms with van der Waals surface area (Å²) in [5.41, 5.74) is 5.05. The normalized spacial score (nSPS) is 10.8. The van der Waals surface area contributed by atoms with Crippen molar-refractivity contribution < 1.29 is 8.78 Å². The number of hydrogen-bond acceptors (Lipinski definition) is 2. The molecule has 0 amide bonds. The summed E-state index contributed by atoms with van der Waals surface area (Å²) < 4.78 is 24.5. The Bertz CT molecular complexity index is 360. The van der Waals surface area contributed by atoms with E-state index in [0.29, 0.717) is 11.1 Å². The van der Waals surface area contributed by atoms with Crippen molar-refractivity contribution in [3.8, 4) is 0 Å². The van der Waals surface area contributed by atoms with E-state index in [4.69, 9.17) is 5.73 Å². The van der Waals surface area contributed by atoms with Gasteiger partial charge in [0.15, 0.2) is 0 Å². The van der Waals surface area contributed by atoms with Gasteiger partial charge in [0.1, 0.15) is 0 Å². The fourth-order valence-corrected chi connectivity index (χ4v) is 1.08. The molecular weight excluding hydrogens is 178 g/mol. The summed E-state index contributed by atoms with van der Waals surface area (Å²) in [6, 6.07) is 1.39. The molecule has 72 valence electrons. The standard InChI is InChI=1S/C8H10F2N2O/c1-4-2-5(3-11)8(13)12-6(4)7(9)10/h2,7H,3,11H2,1H3,(H,12,13). The minimum atomic E-state index is -2.65. The molecule has 1 rings (SSSR count). The second kappa shape index (κ2) is 3.66. The highest BCUT2D eigenvalue weighted by molar-refractivity contribution is 5.24. The van der Waals surface area contributed by atoms with Crippen molar-refractivity contribution in [3.63, 3.8) is 0 Å². The Morgan fingerprint density at radius 1 is 1.62 bits per heavy atom. The van der Waals surface area contributed by atoms with Crippen molar-refractivity contribution in [3.05, 3.63) is 33.2 Å². The Hall–Kier alpha value is -1.23. The van der Waals surface area contributed by atoms with Gasteiger partial charge in [0.2, 0.25) is 0 Å². The van der Waals surface area contributed by atoms with Crippen LogP contribution < -0.4 is 11.3 Å². The summed E-state index contributed by atoms with van der Waals surface area (Å²) in [7, 11) is 0. The molecule has 5 heteroatoms. The lowest BCUT2D eigenvalue weighted by atomic mass is 10.1. The first kappa shape index (κ1) is 9.85. The number of hydrogen-bond donors (Lipinski definition) is 2. The van der Waals surface area contributed by atoms with Gasteiger partial charge in [0.25, 0.3) is 12.0 Å². The van der Waals surface area contributed by atoms with Crippen LogP contribution in [0.2, 0.25) is 0 Å². The monoisotopic (exact) mass is 188 g/mol. The van der Waals surface area contributed by atoms with Gasteiger partial charge in [0.05, 0.1) is 5.69 Å². The molecule has 0 radical (unpaired) electrons. The van der Waals surface area contributed by atoms with Crippen LogP contribution in [0.3, 0.4) is 0 Å². The zero-order chi connectivity index (χ0) is 10.0. The van der Waals surface area contributed by atoms with Gasteiger partial charge in [-0.3, -0.25) is 4.79 Å². The third-order valence-electron chi connectivity index (χ3n) is 1.79. The minimum Gasteiger partial charge on any atom is -0.326 e. The smallest absolute Gasteiger partial charge is 0.278 e. The number of nitrogens with two attached hydrogens (primary N) is 1. The number of alkyl halides is 2. The molecule has 0 saturated heterocycles. The lowest BCUT2D eigenvalue weighted by Gasteiger charge is -2.05. The highest BCUT2D eigenvalue weighted by Crippen LogP contribution is 2.18.